The van der Waals surface area contributed by atoms with Gasteiger partial charge in [0.05, 0.1) is 0 Å². The van der Waals surface area contributed by atoms with Gasteiger partial charge in [0.25, 0.3) is 0 Å². The Kier molecular flexibility index (Phi) is 4.58. The van der Waals surface area contributed by atoms with Crippen molar-refractivity contribution in [3.63, 3.8) is 0 Å². The van der Waals surface area contributed by atoms with Gasteiger partial charge in [-0.2, -0.15) is 0 Å². The second kappa shape index (κ2) is 5.75. The molecule has 0 nitrogen and oxygen atoms in total. The third-order valence-electron chi connectivity index (χ3n) is 7.36. The fourth-order valence-electron chi connectivity index (χ4n) is 6.42. The van der Waals surface area contributed by atoms with E-state index >= 15 is 0 Å². The van der Waals surface area contributed by atoms with Crippen LogP contribution in [0.5, 0.6) is 0 Å². The Balaban J connectivity index is 2.29. The zero-order chi connectivity index (χ0) is 20.0. The van der Waals surface area contributed by atoms with Crippen molar-refractivity contribution < 1.29 is 0 Å². The van der Waals surface area contributed by atoms with Crippen LogP contribution in [0.4, 0.5) is 0 Å². The molecule has 2 atom stereocenters. The van der Waals surface area contributed by atoms with E-state index in [-0.39, 0.29) is 10.8 Å². The summed E-state index contributed by atoms with van der Waals surface area (Å²) >= 11 is -2.52. The monoisotopic (exact) mass is 476 g/mol. The second-order valence-electron chi connectivity index (χ2n) is 12.2. The Labute approximate surface area is 167 Å². The molecule has 0 saturated carbocycles. The average molecular weight is 475 g/mol. The van der Waals surface area contributed by atoms with Crippen molar-refractivity contribution in [1.82, 2.24) is 0 Å². The van der Waals surface area contributed by atoms with Crippen LogP contribution >= 0.6 is 0 Å². The van der Waals surface area contributed by atoms with Crippen LogP contribution in [0.15, 0.2) is 44.8 Å². The Hall–Kier alpha value is -0.0244. The predicted molar refractivity (Wildman–Crippen MR) is 123 cm³/mol. The molecule has 1 aliphatic heterocycles. The van der Waals surface area contributed by atoms with Gasteiger partial charge in [0.15, 0.2) is 0 Å². The first-order valence-electron chi connectivity index (χ1n) is 10.4. The van der Waals surface area contributed by atoms with E-state index in [1.807, 2.05) is 10.4 Å². The second-order valence-corrected chi connectivity index (χ2v) is 30.2. The molecule has 0 aromatic rings. The number of rotatable bonds is 0. The van der Waals surface area contributed by atoms with Crippen LogP contribution in [0.25, 0.3) is 0 Å². The van der Waals surface area contributed by atoms with Crippen molar-refractivity contribution in [1.29, 1.82) is 0 Å². The maximum atomic E-state index is 2.77. The molecular weight excluding hydrogens is 435 g/mol. The molecule has 0 radical (unpaired) electrons. The Morgan fingerprint density at radius 1 is 0.731 bits per heavy atom. The van der Waals surface area contributed by atoms with Gasteiger partial charge in [-0.15, -0.1) is 0 Å². The van der Waals surface area contributed by atoms with E-state index in [0.29, 0.717) is 0 Å². The fraction of sp³-hybridized carbons (Fsp3) is 0.667. The molecule has 1 saturated heterocycles. The summed E-state index contributed by atoms with van der Waals surface area (Å²) in [5.74, 6) is 0. The summed E-state index contributed by atoms with van der Waals surface area (Å²) in [7, 11) is -1.60. The third kappa shape index (κ3) is 2.74. The van der Waals surface area contributed by atoms with E-state index in [4.69, 9.17) is 0 Å². The van der Waals surface area contributed by atoms with Crippen LogP contribution in [0.3, 0.4) is 0 Å². The number of hydrogen-bond acceptors (Lipinski definition) is 0. The summed E-state index contributed by atoms with van der Waals surface area (Å²) in [6.45, 7) is 24.8. The first-order valence-corrected chi connectivity index (χ1v) is 22.4. The van der Waals surface area contributed by atoms with Gasteiger partial charge in [-0.1, -0.05) is 0 Å². The van der Waals surface area contributed by atoms with Gasteiger partial charge in [-0.25, -0.2) is 0 Å². The molecular formula is C24H40SiSn. The molecule has 0 aromatic heterocycles. The van der Waals surface area contributed by atoms with Crippen LogP contribution in [-0.2, 0) is 0 Å². The van der Waals surface area contributed by atoms with Crippen LogP contribution in [0.2, 0.25) is 30.8 Å². The normalized spacial score (nSPS) is 30.3. The summed E-state index contributed by atoms with van der Waals surface area (Å²) in [6, 6.07) is 0. The number of hydrogen-bond donors (Lipinski definition) is 0. The van der Waals surface area contributed by atoms with Gasteiger partial charge in [0, 0.05) is 0 Å². The molecule has 2 heteroatoms. The topological polar surface area (TPSA) is 0 Å². The standard InChI is InChI=1S/C22H34Si.2CH3.Sn/c1-15-11-17(21(3,4)5)13-19(15)23(9,10)20-14-18(12-16(20)2)22(6,7)8;;;/h11-14H,1-10H3;2*1H3;. The van der Waals surface area contributed by atoms with Crippen LogP contribution < -0.4 is 0 Å². The van der Waals surface area contributed by atoms with Crippen molar-refractivity contribution in [2.24, 2.45) is 10.8 Å². The predicted octanol–water partition coefficient (Wildman–Crippen LogP) is 7.84. The van der Waals surface area contributed by atoms with Gasteiger partial charge >= 0.3 is 168 Å². The Morgan fingerprint density at radius 3 is 1.31 bits per heavy atom. The zero-order valence-electron chi connectivity index (χ0n) is 19.3. The van der Waals surface area contributed by atoms with Gasteiger partial charge in [-0.3, -0.25) is 0 Å². The average Bonchev–Trinajstić information content (AvgIpc) is 2.95. The quantitative estimate of drug-likeness (QED) is 0.313. The van der Waals surface area contributed by atoms with E-state index in [9.17, 15) is 0 Å². The van der Waals surface area contributed by atoms with E-state index < -0.39 is 26.5 Å². The molecule has 0 aromatic carbocycles. The fourth-order valence-corrected chi connectivity index (χ4v) is 35.8. The van der Waals surface area contributed by atoms with Crippen LogP contribution in [0, 0.1) is 10.8 Å². The number of fused-ring (bicyclic) bond motifs is 2. The molecule has 1 heterocycles. The summed E-state index contributed by atoms with van der Waals surface area (Å²) < 4.78 is 1.63. The Bertz CT molecular complexity index is 721. The summed E-state index contributed by atoms with van der Waals surface area (Å²) in [5.41, 5.74) is 7.36. The first-order chi connectivity index (χ1) is 11.5. The minimum absolute atomic E-state index is 0.285. The van der Waals surface area contributed by atoms with E-state index in [0.717, 1.165) is 7.87 Å². The van der Waals surface area contributed by atoms with E-state index in [1.54, 1.807) is 22.3 Å². The molecule has 1 fully saturated rings. The van der Waals surface area contributed by atoms with Crippen molar-refractivity contribution in [3.05, 3.63) is 44.8 Å². The van der Waals surface area contributed by atoms with Crippen LogP contribution in [-0.4, -0.2) is 26.5 Å². The maximum absolute atomic E-state index is 2.77. The zero-order valence-corrected chi connectivity index (χ0v) is 23.2. The van der Waals surface area contributed by atoms with Crippen LogP contribution in [0.1, 0.15) is 55.4 Å². The van der Waals surface area contributed by atoms with Gasteiger partial charge in [0.1, 0.15) is 0 Å². The summed E-state index contributed by atoms with van der Waals surface area (Å²) in [5, 5.41) is 3.83. The van der Waals surface area contributed by atoms with Gasteiger partial charge < -0.3 is 0 Å². The summed E-state index contributed by atoms with van der Waals surface area (Å²) in [6.07, 6.45) is 5.23. The molecule has 3 aliphatic rings. The molecule has 0 unspecified atom stereocenters. The van der Waals surface area contributed by atoms with Crippen molar-refractivity contribution in [2.75, 3.05) is 0 Å². The molecule has 3 rings (SSSR count). The summed E-state index contributed by atoms with van der Waals surface area (Å²) in [4.78, 5) is 5.54. The SMILES string of the molecule is CC1=C2[C@@H](C(C(C)(C)C)=C1)[Sn]([CH3])([CH3])[C@@H]1C(C(C)(C)C)=CC(C)=C1[Si]2(C)C. The molecule has 2 aliphatic carbocycles. The molecule has 144 valence electrons. The van der Waals surface area contributed by atoms with Crippen molar-refractivity contribution in [3.8, 4) is 0 Å². The van der Waals surface area contributed by atoms with Crippen molar-refractivity contribution >= 4 is 26.5 Å². The van der Waals surface area contributed by atoms with Crippen molar-refractivity contribution in [2.45, 2.75) is 86.2 Å². The molecule has 0 bridgehead atoms. The van der Waals surface area contributed by atoms with Gasteiger partial charge in [-0.05, 0) is 0 Å². The molecule has 26 heavy (non-hydrogen) atoms. The number of allylic oxidation sites excluding steroid dienone is 8. The third-order valence-corrected chi connectivity index (χ3v) is 25.0. The van der Waals surface area contributed by atoms with E-state index in [2.05, 4.69) is 90.5 Å². The minimum atomic E-state index is -2.52. The Morgan fingerprint density at radius 2 is 1.04 bits per heavy atom. The van der Waals surface area contributed by atoms with Gasteiger partial charge in [0.2, 0.25) is 0 Å². The molecule has 0 spiro atoms. The molecule has 0 N–H and O–H groups in total. The first kappa shape index (κ1) is 20.7. The molecule has 0 amide bonds. The van der Waals surface area contributed by atoms with E-state index in [1.165, 1.54) is 0 Å².